The summed E-state index contributed by atoms with van der Waals surface area (Å²) in [6.45, 7) is 2.86. The van der Waals surface area contributed by atoms with Crippen molar-refractivity contribution in [3.63, 3.8) is 0 Å². The number of guanidine groups is 1. The van der Waals surface area contributed by atoms with Crippen LogP contribution in [0, 0.1) is 5.41 Å². The van der Waals surface area contributed by atoms with Crippen LogP contribution in [-0.2, 0) is 4.74 Å². The molecule has 0 amide bonds. The van der Waals surface area contributed by atoms with Crippen LogP contribution in [0.1, 0.15) is 64.2 Å². The van der Waals surface area contributed by atoms with Crippen molar-refractivity contribution in [3.05, 3.63) is 11.6 Å². The lowest BCUT2D eigenvalue weighted by atomic mass is 9.83. The number of rotatable bonds is 8. The lowest BCUT2D eigenvalue weighted by molar-refractivity contribution is 0.138. The second-order valence-electron chi connectivity index (χ2n) is 7.16. The van der Waals surface area contributed by atoms with E-state index in [2.05, 4.69) is 21.7 Å². The molecule has 0 aromatic heterocycles. The summed E-state index contributed by atoms with van der Waals surface area (Å²) < 4.78 is 5.31. The van der Waals surface area contributed by atoms with Crippen molar-refractivity contribution in [3.8, 4) is 0 Å². The Morgan fingerprint density at radius 3 is 2.62 bits per heavy atom. The summed E-state index contributed by atoms with van der Waals surface area (Å²) in [7, 11) is 3.67. The normalized spacial score (nSPS) is 20.2. The molecule has 0 aliphatic heterocycles. The largest absolute Gasteiger partial charge is 0.385 e. The fourth-order valence-corrected chi connectivity index (χ4v) is 3.92. The van der Waals surface area contributed by atoms with Crippen molar-refractivity contribution >= 4 is 29.9 Å². The molecule has 0 spiro atoms. The molecule has 0 saturated heterocycles. The number of halogens is 1. The monoisotopic (exact) mass is 449 g/mol. The molecular formula is C19H36IN3O. The summed E-state index contributed by atoms with van der Waals surface area (Å²) in [4.78, 5) is 4.39. The Morgan fingerprint density at radius 1 is 1.21 bits per heavy atom. The molecule has 4 nitrogen and oxygen atoms in total. The molecule has 2 aliphatic carbocycles. The van der Waals surface area contributed by atoms with E-state index < -0.39 is 0 Å². The number of aliphatic imine (C=N–C) groups is 1. The van der Waals surface area contributed by atoms with Gasteiger partial charge in [0.25, 0.3) is 0 Å². The van der Waals surface area contributed by atoms with E-state index in [0.29, 0.717) is 5.41 Å². The van der Waals surface area contributed by atoms with Crippen LogP contribution in [0.4, 0.5) is 0 Å². The highest BCUT2D eigenvalue weighted by molar-refractivity contribution is 14.0. The number of hydrogen-bond donors (Lipinski definition) is 2. The minimum atomic E-state index is 0. The first kappa shape index (κ1) is 21.7. The lowest BCUT2D eigenvalue weighted by Crippen LogP contribution is -2.43. The van der Waals surface area contributed by atoms with E-state index in [4.69, 9.17) is 4.74 Å². The number of hydrogen-bond acceptors (Lipinski definition) is 2. The van der Waals surface area contributed by atoms with Crippen LogP contribution in [0.15, 0.2) is 16.6 Å². The summed E-state index contributed by atoms with van der Waals surface area (Å²) in [5, 5.41) is 7.04. The predicted molar refractivity (Wildman–Crippen MR) is 113 cm³/mol. The van der Waals surface area contributed by atoms with Crippen LogP contribution in [0.3, 0.4) is 0 Å². The van der Waals surface area contributed by atoms with E-state index >= 15 is 0 Å². The van der Waals surface area contributed by atoms with Crippen molar-refractivity contribution in [1.29, 1.82) is 0 Å². The van der Waals surface area contributed by atoms with Gasteiger partial charge in [-0.3, -0.25) is 4.99 Å². The summed E-state index contributed by atoms with van der Waals surface area (Å²) in [6.07, 6.45) is 15.3. The third-order valence-corrected chi connectivity index (χ3v) is 5.48. The first-order valence-electron chi connectivity index (χ1n) is 9.39. The zero-order valence-corrected chi connectivity index (χ0v) is 17.9. The maximum Gasteiger partial charge on any atom is 0.191 e. The fourth-order valence-electron chi connectivity index (χ4n) is 3.92. The Labute approximate surface area is 165 Å². The van der Waals surface area contributed by atoms with Gasteiger partial charge in [-0.1, -0.05) is 24.5 Å². The minimum Gasteiger partial charge on any atom is -0.385 e. The van der Waals surface area contributed by atoms with E-state index in [1.807, 2.05) is 7.05 Å². The third kappa shape index (κ3) is 7.30. The van der Waals surface area contributed by atoms with Gasteiger partial charge in [0.05, 0.1) is 0 Å². The van der Waals surface area contributed by atoms with Crippen molar-refractivity contribution in [1.82, 2.24) is 10.6 Å². The topological polar surface area (TPSA) is 45.7 Å². The van der Waals surface area contributed by atoms with Gasteiger partial charge in [-0.2, -0.15) is 0 Å². The molecule has 0 unspecified atom stereocenters. The molecule has 2 rings (SSSR count). The van der Waals surface area contributed by atoms with Gasteiger partial charge < -0.3 is 15.4 Å². The SMILES string of the molecule is CN=C(NCCC1=CCCCC1)NCC1(CCOC)CCCC1.I. The van der Waals surface area contributed by atoms with E-state index in [9.17, 15) is 0 Å². The van der Waals surface area contributed by atoms with Crippen LogP contribution in [0.5, 0.6) is 0 Å². The first-order valence-corrected chi connectivity index (χ1v) is 9.39. The zero-order valence-electron chi connectivity index (χ0n) is 15.5. The van der Waals surface area contributed by atoms with Gasteiger partial charge in [0.1, 0.15) is 0 Å². The van der Waals surface area contributed by atoms with E-state index in [0.717, 1.165) is 38.5 Å². The van der Waals surface area contributed by atoms with E-state index in [-0.39, 0.29) is 24.0 Å². The molecule has 5 heteroatoms. The number of methoxy groups -OCH3 is 1. The van der Waals surface area contributed by atoms with Crippen LogP contribution < -0.4 is 10.6 Å². The Kier molecular flexibility index (Phi) is 11.0. The molecule has 1 fully saturated rings. The highest BCUT2D eigenvalue weighted by Crippen LogP contribution is 2.40. The predicted octanol–water partition coefficient (Wildman–Crippen LogP) is 4.26. The fraction of sp³-hybridized carbons (Fsp3) is 0.842. The molecule has 2 aliphatic rings. The number of allylic oxidation sites excluding steroid dienone is 1. The second-order valence-corrected chi connectivity index (χ2v) is 7.16. The maximum absolute atomic E-state index is 5.31. The molecule has 0 bridgehead atoms. The van der Waals surface area contributed by atoms with Gasteiger partial charge >= 0.3 is 0 Å². The van der Waals surface area contributed by atoms with E-state index in [1.54, 1.807) is 12.7 Å². The molecule has 0 radical (unpaired) electrons. The number of nitrogens with one attached hydrogen (secondary N) is 2. The quantitative estimate of drug-likeness (QED) is 0.252. The molecule has 2 N–H and O–H groups in total. The van der Waals surface area contributed by atoms with Crippen LogP contribution in [0.25, 0.3) is 0 Å². The summed E-state index contributed by atoms with van der Waals surface area (Å²) in [6, 6.07) is 0. The Bertz CT molecular complexity index is 403. The standard InChI is InChI=1S/C19H35N3O.HI/c1-20-18(21-14-10-17-8-4-3-5-9-17)22-16-19(13-15-23-2)11-6-7-12-19;/h8H,3-7,9-16H2,1-2H3,(H2,20,21,22);1H. The second kappa shape index (κ2) is 12.1. The highest BCUT2D eigenvalue weighted by atomic mass is 127. The van der Waals surface area contributed by atoms with Crippen molar-refractivity contribution in [2.24, 2.45) is 10.4 Å². The average Bonchev–Trinajstić information content (AvgIpc) is 3.06. The van der Waals surface area contributed by atoms with Crippen molar-refractivity contribution < 1.29 is 4.74 Å². The van der Waals surface area contributed by atoms with Gasteiger partial charge in [-0.15, -0.1) is 24.0 Å². The first-order chi connectivity index (χ1) is 11.3. The van der Waals surface area contributed by atoms with Crippen molar-refractivity contribution in [2.75, 3.05) is 33.9 Å². The van der Waals surface area contributed by atoms with Crippen molar-refractivity contribution in [2.45, 2.75) is 64.2 Å². The zero-order chi connectivity index (χ0) is 16.4. The van der Waals surface area contributed by atoms with Gasteiger partial charge in [0.15, 0.2) is 5.96 Å². The molecular weight excluding hydrogens is 413 g/mol. The lowest BCUT2D eigenvalue weighted by Gasteiger charge is -2.30. The van der Waals surface area contributed by atoms with Gasteiger partial charge in [-0.05, 0) is 56.8 Å². The number of nitrogens with zero attached hydrogens (tertiary/aromatic N) is 1. The van der Waals surface area contributed by atoms with Crippen LogP contribution in [0.2, 0.25) is 0 Å². The summed E-state index contributed by atoms with van der Waals surface area (Å²) in [5.41, 5.74) is 2.02. The van der Waals surface area contributed by atoms with Gasteiger partial charge in [-0.25, -0.2) is 0 Å². The smallest absolute Gasteiger partial charge is 0.191 e. The maximum atomic E-state index is 5.31. The molecule has 0 heterocycles. The molecule has 140 valence electrons. The van der Waals surface area contributed by atoms with Crippen LogP contribution in [-0.4, -0.2) is 39.8 Å². The molecule has 24 heavy (non-hydrogen) atoms. The van der Waals surface area contributed by atoms with Gasteiger partial charge in [0.2, 0.25) is 0 Å². The average molecular weight is 449 g/mol. The Balaban J connectivity index is 0.00000288. The molecule has 1 saturated carbocycles. The minimum absolute atomic E-state index is 0. The summed E-state index contributed by atoms with van der Waals surface area (Å²) in [5.74, 6) is 0.949. The molecule has 0 aromatic rings. The third-order valence-electron chi connectivity index (χ3n) is 5.48. The van der Waals surface area contributed by atoms with Gasteiger partial charge in [0, 0.05) is 33.9 Å². The highest BCUT2D eigenvalue weighted by Gasteiger charge is 2.33. The summed E-state index contributed by atoms with van der Waals surface area (Å²) >= 11 is 0. The molecule has 0 aromatic carbocycles. The van der Waals surface area contributed by atoms with E-state index in [1.165, 1.54) is 51.4 Å². The Hall–Kier alpha value is -0.300. The van der Waals surface area contributed by atoms with Crippen LogP contribution >= 0.6 is 24.0 Å². The Morgan fingerprint density at radius 2 is 2.00 bits per heavy atom. The number of ether oxygens (including phenoxy) is 1. The molecule has 0 atom stereocenters.